The molecule has 2 aromatic rings. The van der Waals surface area contributed by atoms with Crippen molar-refractivity contribution in [1.82, 2.24) is 4.90 Å². The van der Waals surface area contributed by atoms with Gasteiger partial charge in [-0.3, -0.25) is 9.69 Å². The zero-order valence-corrected chi connectivity index (χ0v) is 14.2. The number of carbonyl (C=O) groups is 1. The van der Waals surface area contributed by atoms with Crippen LogP contribution in [0.3, 0.4) is 0 Å². The summed E-state index contributed by atoms with van der Waals surface area (Å²) in [6, 6.07) is 9.97. The average molecular weight is 353 g/mol. The fraction of sp³-hybridized carbons (Fsp3) is 0.235. The number of thiophene rings is 1. The molecule has 0 aliphatic heterocycles. The molecule has 0 aliphatic carbocycles. The van der Waals surface area contributed by atoms with Crippen molar-refractivity contribution >= 4 is 34.5 Å². The molecule has 0 bridgehead atoms. The first-order valence-corrected chi connectivity index (χ1v) is 8.40. The van der Waals surface area contributed by atoms with Crippen LogP contribution >= 0.6 is 22.9 Å². The zero-order valence-electron chi connectivity index (χ0n) is 12.6. The standard InChI is InChI=1S/C17H18ClFN2OS/c1-2-10-21(12-13-7-8-16(18)23-13)11-9-17(22)20-15-6-4-3-5-14(15)19/h2-8H,1,9-12H2,(H,20,22). The number of para-hydroxylation sites is 1. The molecule has 0 aliphatic rings. The van der Waals surface area contributed by atoms with Crippen LogP contribution in [0.2, 0.25) is 4.34 Å². The maximum absolute atomic E-state index is 13.5. The molecule has 0 radical (unpaired) electrons. The Bertz CT molecular complexity index is 674. The second kappa shape index (κ2) is 8.82. The molecule has 1 amide bonds. The fourth-order valence-corrected chi connectivity index (χ4v) is 3.24. The summed E-state index contributed by atoms with van der Waals surface area (Å²) >= 11 is 7.45. The van der Waals surface area contributed by atoms with Gasteiger partial charge in [-0.1, -0.05) is 29.8 Å². The Morgan fingerprint density at radius 2 is 2.13 bits per heavy atom. The molecule has 0 atom stereocenters. The quantitative estimate of drug-likeness (QED) is 0.706. The Morgan fingerprint density at radius 3 is 2.78 bits per heavy atom. The summed E-state index contributed by atoms with van der Waals surface area (Å²) in [5.74, 6) is -0.648. The average Bonchev–Trinajstić information content (AvgIpc) is 2.92. The number of hydrogen-bond acceptors (Lipinski definition) is 3. The van der Waals surface area contributed by atoms with E-state index in [0.29, 0.717) is 19.6 Å². The van der Waals surface area contributed by atoms with Crippen LogP contribution in [-0.2, 0) is 11.3 Å². The Hall–Kier alpha value is -1.69. The molecule has 1 N–H and O–H groups in total. The summed E-state index contributed by atoms with van der Waals surface area (Å²) in [6.07, 6.45) is 2.07. The lowest BCUT2D eigenvalue weighted by molar-refractivity contribution is -0.116. The first kappa shape index (κ1) is 17.7. The van der Waals surface area contributed by atoms with Crippen molar-refractivity contribution in [3.63, 3.8) is 0 Å². The topological polar surface area (TPSA) is 32.3 Å². The van der Waals surface area contributed by atoms with Crippen LogP contribution in [0.25, 0.3) is 0 Å². The van der Waals surface area contributed by atoms with Gasteiger partial charge in [0.25, 0.3) is 0 Å². The van der Waals surface area contributed by atoms with Gasteiger partial charge in [-0.2, -0.15) is 0 Å². The molecular formula is C17H18ClFN2OS. The first-order chi connectivity index (χ1) is 11.1. The third-order valence-corrected chi connectivity index (χ3v) is 4.41. The van der Waals surface area contributed by atoms with Crippen molar-refractivity contribution in [3.8, 4) is 0 Å². The summed E-state index contributed by atoms with van der Waals surface area (Å²) in [5.41, 5.74) is 0.206. The minimum Gasteiger partial charge on any atom is -0.324 e. The molecule has 6 heteroatoms. The highest BCUT2D eigenvalue weighted by molar-refractivity contribution is 7.16. The largest absolute Gasteiger partial charge is 0.324 e. The molecule has 1 aromatic heterocycles. The SMILES string of the molecule is C=CCN(CCC(=O)Nc1ccccc1F)Cc1ccc(Cl)s1. The number of halogens is 2. The van der Waals surface area contributed by atoms with Crippen molar-refractivity contribution < 1.29 is 9.18 Å². The van der Waals surface area contributed by atoms with E-state index in [0.717, 1.165) is 9.21 Å². The molecule has 0 fully saturated rings. The minimum atomic E-state index is -0.433. The Kier molecular flexibility index (Phi) is 6.77. The van der Waals surface area contributed by atoms with E-state index in [1.165, 1.54) is 17.4 Å². The van der Waals surface area contributed by atoms with Gasteiger partial charge in [0, 0.05) is 30.9 Å². The predicted octanol–water partition coefficient (Wildman–Crippen LogP) is 4.56. The monoisotopic (exact) mass is 352 g/mol. The Balaban J connectivity index is 1.86. The van der Waals surface area contributed by atoms with Crippen molar-refractivity contribution in [2.75, 3.05) is 18.4 Å². The van der Waals surface area contributed by atoms with Crippen LogP contribution in [0.5, 0.6) is 0 Å². The van der Waals surface area contributed by atoms with Crippen LogP contribution in [0.4, 0.5) is 10.1 Å². The Labute approximate surface area is 144 Å². The summed E-state index contributed by atoms with van der Waals surface area (Å²) < 4.78 is 14.3. The first-order valence-electron chi connectivity index (χ1n) is 7.20. The Morgan fingerprint density at radius 1 is 1.35 bits per heavy atom. The van der Waals surface area contributed by atoms with Gasteiger partial charge in [-0.15, -0.1) is 17.9 Å². The smallest absolute Gasteiger partial charge is 0.225 e. The molecule has 23 heavy (non-hydrogen) atoms. The van der Waals surface area contributed by atoms with Crippen molar-refractivity contribution in [1.29, 1.82) is 0 Å². The van der Waals surface area contributed by atoms with Crippen molar-refractivity contribution in [3.05, 3.63) is 64.1 Å². The van der Waals surface area contributed by atoms with Crippen LogP contribution < -0.4 is 5.32 Å². The number of rotatable bonds is 8. The predicted molar refractivity (Wildman–Crippen MR) is 94.4 cm³/mol. The van der Waals surface area contributed by atoms with E-state index < -0.39 is 5.82 Å². The van der Waals surface area contributed by atoms with Gasteiger partial charge in [0.1, 0.15) is 5.82 Å². The lowest BCUT2D eigenvalue weighted by atomic mass is 10.2. The maximum Gasteiger partial charge on any atom is 0.225 e. The lowest BCUT2D eigenvalue weighted by Gasteiger charge is -2.19. The van der Waals surface area contributed by atoms with E-state index >= 15 is 0 Å². The van der Waals surface area contributed by atoms with Crippen molar-refractivity contribution in [2.24, 2.45) is 0 Å². The van der Waals surface area contributed by atoms with E-state index in [2.05, 4.69) is 16.8 Å². The highest BCUT2D eigenvalue weighted by Crippen LogP contribution is 2.22. The van der Waals surface area contributed by atoms with Gasteiger partial charge in [0.2, 0.25) is 5.91 Å². The molecule has 0 unspecified atom stereocenters. The number of hydrogen-bond donors (Lipinski definition) is 1. The normalized spacial score (nSPS) is 10.7. The van der Waals surface area contributed by atoms with E-state index in [1.807, 2.05) is 12.1 Å². The van der Waals surface area contributed by atoms with E-state index in [9.17, 15) is 9.18 Å². The molecule has 0 saturated heterocycles. The minimum absolute atomic E-state index is 0.206. The third kappa shape index (κ3) is 5.78. The number of nitrogens with zero attached hydrogens (tertiary/aromatic N) is 1. The van der Waals surface area contributed by atoms with Crippen LogP contribution in [-0.4, -0.2) is 23.9 Å². The van der Waals surface area contributed by atoms with Crippen LogP contribution in [0, 0.1) is 5.82 Å². The zero-order chi connectivity index (χ0) is 16.7. The highest BCUT2D eigenvalue weighted by atomic mass is 35.5. The van der Waals surface area contributed by atoms with Crippen LogP contribution in [0.1, 0.15) is 11.3 Å². The van der Waals surface area contributed by atoms with Crippen LogP contribution in [0.15, 0.2) is 49.1 Å². The molecule has 1 heterocycles. The highest BCUT2D eigenvalue weighted by Gasteiger charge is 2.11. The number of nitrogens with one attached hydrogen (secondary N) is 1. The van der Waals surface area contributed by atoms with Crippen molar-refractivity contribution in [2.45, 2.75) is 13.0 Å². The van der Waals surface area contributed by atoms with Gasteiger partial charge in [0.05, 0.1) is 10.0 Å². The second-order valence-electron chi connectivity index (χ2n) is 5.01. The summed E-state index contributed by atoms with van der Waals surface area (Å²) in [7, 11) is 0. The molecule has 0 spiro atoms. The fourth-order valence-electron chi connectivity index (χ4n) is 2.11. The molecule has 0 saturated carbocycles. The second-order valence-corrected chi connectivity index (χ2v) is 6.81. The molecule has 1 aromatic carbocycles. The molecule has 3 nitrogen and oxygen atoms in total. The molecule has 2 rings (SSSR count). The number of anilines is 1. The molecule has 122 valence electrons. The van der Waals surface area contributed by atoms with Gasteiger partial charge < -0.3 is 5.32 Å². The van der Waals surface area contributed by atoms with Gasteiger partial charge in [-0.05, 0) is 24.3 Å². The van der Waals surface area contributed by atoms with E-state index in [4.69, 9.17) is 11.6 Å². The van der Waals surface area contributed by atoms with E-state index in [-0.39, 0.29) is 18.0 Å². The third-order valence-electron chi connectivity index (χ3n) is 3.20. The number of benzene rings is 1. The van der Waals surface area contributed by atoms with Gasteiger partial charge in [-0.25, -0.2) is 4.39 Å². The summed E-state index contributed by atoms with van der Waals surface area (Å²) in [5, 5.41) is 2.59. The van der Waals surface area contributed by atoms with Gasteiger partial charge in [0.15, 0.2) is 0 Å². The summed E-state index contributed by atoms with van der Waals surface area (Å²) in [4.78, 5) is 15.2. The maximum atomic E-state index is 13.5. The lowest BCUT2D eigenvalue weighted by Crippen LogP contribution is -2.27. The molecular weight excluding hydrogens is 335 g/mol. The van der Waals surface area contributed by atoms with Gasteiger partial charge >= 0.3 is 0 Å². The number of amides is 1. The van der Waals surface area contributed by atoms with E-state index in [1.54, 1.807) is 24.3 Å². The summed E-state index contributed by atoms with van der Waals surface area (Å²) in [6.45, 7) is 5.67. The number of carbonyl (C=O) groups excluding carboxylic acids is 1.